The molecule has 2 atom stereocenters. The molecule has 2 aromatic carbocycles. The lowest BCUT2D eigenvalue weighted by molar-refractivity contribution is -0.893. The first-order valence-electron chi connectivity index (χ1n) is 10.3. The molecule has 31 heavy (non-hydrogen) atoms. The first kappa shape index (κ1) is 23.3. The maximum absolute atomic E-state index is 11.6. The van der Waals surface area contributed by atoms with Crippen LogP contribution < -0.4 is 0 Å². The van der Waals surface area contributed by atoms with Crippen molar-refractivity contribution in [2.24, 2.45) is 10.3 Å². The topological polar surface area (TPSA) is 82.3 Å². The molecule has 0 saturated heterocycles. The Labute approximate surface area is 184 Å². The van der Waals surface area contributed by atoms with E-state index in [9.17, 15) is 13.5 Å². The van der Waals surface area contributed by atoms with Crippen LogP contribution in [-0.4, -0.2) is 69.6 Å². The molecule has 1 heterocycles. The summed E-state index contributed by atoms with van der Waals surface area (Å²) < 4.78 is 23.5. The number of nitrogens with zero attached hydrogens (tertiary/aromatic N) is 4. The molecule has 0 saturated carbocycles. The number of rotatable bonds is 9. The van der Waals surface area contributed by atoms with Gasteiger partial charge in [-0.25, -0.2) is 8.42 Å². The molecule has 1 aliphatic rings. The predicted molar refractivity (Wildman–Crippen MR) is 122 cm³/mol. The van der Waals surface area contributed by atoms with Crippen molar-refractivity contribution in [2.75, 3.05) is 40.6 Å². The Morgan fingerprint density at radius 3 is 2.13 bits per heavy atom. The standard InChI is InChI=1S/C23H31N4O3S/c1-26(2)14-13-21-16-27(3,25-24-21)22(17-28)15-18-5-7-19(8-6-18)20-9-11-23(12-10-20)31(4,29)30/h5-12,16,22,28H,13-15,17H2,1-4H3/q+1. The van der Waals surface area contributed by atoms with Gasteiger partial charge in [-0.05, 0) is 42.9 Å². The average Bonchev–Trinajstić information content (AvgIpc) is 3.12. The molecule has 0 radical (unpaired) electrons. The van der Waals surface area contributed by atoms with Gasteiger partial charge in [0.2, 0.25) is 0 Å². The minimum Gasteiger partial charge on any atom is -0.390 e. The highest BCUT2D eigenvalue weighted by Crippen LogP contribution is 2.28. The van der Waals surface area contributed by atoms with E-state index in [0.29, 0.717) is 11.3 Å². The lowest BCUT2D eigenvalue weighted by Gasteiger charge is -2.27. The third-order valence-corrected chi connectivity index (χ3v) is 6.71. The van der Waals surface area contributed by atoms with E-state index < -0.39 is 9.84 Å². The molecule has 166 valence electrons. The molecule has 1 aliphatic heterocycles. The average molecular weight is 444 g/mol. The number of hydrogen-bond donors (Lipinski definition) is 1. The first-order chi connectivity index (χ1) is 14.6. The summed E-state index contributed by atoms with van der Waals surface area (Å²) >= 11 is 0. The van der Waals surface area contributed by atoms with Crippen LogP contribution in [0.3, 0.4) is 0 Å². The van der Waals surface area contributed by atoms with Crippen molar-refractivity contribution in [2.45, 2.75) is 23.8 Å². The van der Waals surface area contributed by atoms with E-state index in [0.717, 1.165) is 35.4 Å². The molecule has 2 aromatic rings. The number of aliphatic hydroxyl groups excluding tert-OH is 1. The lowest BCUT2D eigenvalue weighted by atomic mass is 10.00. The number of hydrogen-bond acceptors (Lipinski definition) is 6. The van der Waals surface area contributed by atoms with Crippen molar-refractivity contribution < 1.29 is 18.1 Å². The third kappa shape index (κ3) is 5.86. The van der Waals surface area contributed by atoms with Crippen LogP contribution in [0.1, 0.15) is 12.0 Å². The smallest absolute Gasteiger partial charge is 0.175 e. The third-order valence-electron chi connectivity index (χ3n) is 5.58. The monoisotopic (exact) mass is 443 g/mol. The molecule has 3 rings (SSSR count). The van der Waals surface area contributed by atoms with Crippen molar-refractivity contribution in [3.8, 4) is 11.1 Å². The molecule has 0 aliphatic carbocycles. The molecular formula is C23H31N4O3S+. The number of likely N-dealkylation sites (N-methyl/N-ethyl adjacent to an activating group) is 1. The van der Waals surface area contributed by atoms with Gasteiger partial charge in [0, 0.05) is 30.9 Å². The molecule has 0 aromatic heterocycles. The molecule has 0 bridgehead atoms. The van der Waals surface area contributed by atoms with Crippen LogP contribution in [0, 0.1) is 0 Å². The number of quaternary nitrogens is 1. The summed E-state index contributed by atoms with van der Waals surface area (Å²) in [5, 5.41) is 18.8. The number of benzene rings is 2. The lowest BCUT2D eigenvalue weighted by Crippen LogP contribution is -2.45. The molecule has 8 heteroatoms. The SMILES string of the molecule is CN(C)CCC1=C[N+](C)(C(CO)Cc2ccc(-c3ccc(S(C)(=O)=O)cc3)cc2)N=N1. The van der Waals surface area contributed by atoms with E-state index in [-0.39, 0.29) is 17.2 Å². The normalized spacial score (nSPS) is 19.6. The first-order valence-corrected chi connectivity index (χ1v) is 12.2. The van der Waals surface area contributed by atoms with Gasteiger partial charge in [0.05, 0.1) is 18.6 Å². The second-order valence-electron chi connectivity index (χ2n) is 8.49. The van der Waals surface area contributed by atoms with Gasteiger partial charge in [0.15, 0.2) is 9.84 Å². The van der Waals surface area contributed by atoms with E-state index in [1.807, 2.05) is 63.7 Å². The van der Waals surface area contributed by atoms with Gasteiger partial charge < -0.3 is 10.0 Å². The van der Waals surface area contributed by atoms with E-state index in [4.69, 9.17) is 0 Å². The molecule has 0 spiro atoms. The Morgan fingerprint density at radius 1 is 1.03 bits per heavy atom. The summed E-state index contributed by atoms with van der Waals surface area (Å²) in [6, 6.07) is 14.9. The van der Waals surface area contributed by atoms with Crippen LogP contribution in [0.15, 0.2) is 75.7 Å². The van der Waals surface area contributed by atoms with Crippen LogP contribution in [0.4, 0.5) is 0 Å². The van der Waals surface area contributed by atoms with Crippen LogP contribution in [0.25, 0.3) is 11.1 Å². The van der Waals surface area contributed by atoms with Crippen molar-refractivity contribution in [1.29, 1.82) is 0 Å². The van der Waals surface area contributed by atoms with Gasteiger partial charge in [-0.1, -0.05) is 41.5 Å². The Kier molecular flexibility index (Phi) is 7.06. The highest BCUT2D eigenvalue weighted by Gasteiger charge is 2.36. The van der Waals surface area contributed by atoms with Gasteiger partial charge in [-0.15, -0.1) is 4.59 Å². The molecule has 0 fully saturated rings. The van der Waals surface area contributed by atoms with Gasteiger partial charge in [0.25, 0.3) is 0 Å². The van der Waals surface area contributed by atoms with E-state index in [1.54, 1.807) is 12.1 Å². The van der Waals surface area contributed by atoms with Gasteiger partial charge in [-0.2, -0.15) is 0 Å². The Hall–Kier alpha value is -2.39. The van der Waals surface area contributed by atoms with E-state index in [1.165, 1.54) is 6.26 Å². The van der Waals surface area contributed by atoms with Gasteiger partial charge in [-0.3, -0.25) is 0 Å². The summed E-state index contributed by atoms with van der Waals surface area (Å²) in [7, 11) is 2.82. The zero-order valence-corrected chi connectivity index (χ0v) is 19.4. The molecule has 1 N–H and O–H groups in total. The summed E-state index contributed by atoms with van der Waals surface area (Å²) in [6.45, 7) is 0.906. The highest BCUT2D eigenvalue weighted by molar-refractivity contribution is 7.90. The van der Waals surface area contributed by atoms with Crippen LogP contribution in [0.2, 0.25) is 0 Å². The quantitative estimate of drug-likeness (QED) is 0.603. The van der Waals surface area contributed by atoms with E-state index in [2.05, 4.69) is 15.2 Å². The maximum atomic E-state index is 11.6. The second kappa shape index (κ2) is 9.40. The fourth-order valence-corrected chi connectivity index (χ4v) is 4.18. The Balaban J connectivity index is 1.70. The fraction of sp³-hybridized carbons (Fsp3) is 0.391. The molecule has 0 amide bonds. The van der Waals surface area contributed by atoms with Gasteiger partial charge in [0.1, 0.15) is 17.9 Å². The largest absolute Gasteiger partial charge is 0.390 e. The van der Waals surface area contributed by atoms with Crippen LogP contribution >= 0.6 is 0 Å². The van der Waals surface area contributed by atoms with Crippen molar-refractivity contribution in [3.63, 3.8) is 0 Å². The minimum atomic E-state index is -3.20. The molecule has 2 unspecified atom stereocenters. The number of aliphatic hydroxyl groups is 1. The summed E-state index contributed by atoms with van der Waals surface area (Å²) in [5.74, 6) is 0. The van der Waals surface area contributed by atoms with Crippen LogP contribution in [0.5, 0.6) is 0 Å². The number of sulfone groups is 1. The Bertz CT molecular complexity index is 1060. The van der Waals surface area contributed by atoms with Crippen molar-refractivity contribution in [3.05, 3.63) is 66.0 Å². The van der Waals surface area contributed by atoms with Crippen molar-refractivity contribution in [1.82, 2.24) is 4.90 Å². The fourth-order valence-electron chi connectivity index (χ4n) is 3.55. The minimum absolute atomic E-state index is 0.00167. The predicted octanol–water partition coefficient (Wildman–Crippen LogP) is 3.28. The maximum Gasteiger partial charge on any atom is 0.175 e. The molecular weight excluding hydrogens is 412 g/mol. The Morgan fingerprint density at radius 2 is 1.61 bits per heavy atom. The summed E-state index contributed by atoms with van der Waals surface area (Å²) in [5.41, 5.74) is 4.01. The highest BCUT2D eigenvalue weighted by atomic mass is 32.2. The summed E-state index contributed by atoms with van der Waals surface area (Å²) in [6.07, 6.45) is 4.73. The molecule has 7 nitrogen and oxygen atoms in total. The second-order valence-corrected chi connectivity index (χ2v) is 10.5. The van der Waals surface area contributed by atoms with Gasteiger partial charge >= 0.3 is 0 Å². The van der Waals surface area contributed by atoms with Crippen LogP contribution in [-0.2, 0) is 16.3 Å². The van der Waals surface area contributed by atoms with E-state index >= 15 is 0 Å². The summed E-state index contributed by atoms with van der Waals surface area (Å²) in [4.78, 5) is 2.42. The zero-order valence-electron chi connectivity index (χ0n) is 18.6. The zero-order chi connectivity index (χ0) is 22.6. The van der Waals surface area contributed by atoms with Crippen molar-refractivity contribution >= 4 is 9.84 Å².